The maximum absolute atomic E-state index is 6.18. The van der Waals surface area contributed by atoms with Crippen LogP contribution in [-0.4, -0.2) is 13.9 Å². The van der Waals surface area contributed by atoms with Crippen molar-refractivity contribution in [3.05, 3.63) is 45.4 Å². The van der Waals surface area contributed by atoms with Gasteiger partial charge < -0.3 is 19.5 Å². The molecule has 2 aromatic carbocycles. The first-order valence-electron chi connectivity index (χ1n) is 6.33. The molecule has 6 heteroatoms. The van der Waals surface area contributed by atoms with Crippen molar-refractivity contribution in [2.24, 2.45) is 0 Å². The van der Waals surface area contributed by atoms with Crippen LogP contribution in [0.25, 0.3) is 0 Å². The van der Waals surface area contributed by atoms with E-state index >= 15 is 0 Å². The van der Waals surface area contributed by atoms with Crippen LogP contribution in [0.5, 0.6) is 17.2 Å². The molecule has 0 spiro atoms. The molecule has 0 atom stereocenters. The summed E-state index contributed by atoms with van der Waals surface area (Å²) in [5, 5.41) is 3.94. The largest absolute Gasteiger partial charge is 0.497 e. The molecule has 0 radical (unpaired) electrons. The number of nitrogens with one attached hydrogen (secondary N) is 1. The van der Waals surface area contributed by atoms with E-state index in [-0.39, 0.29) is 6.79 Å². The Morgan fingerprint density at radius 2 is 2.00 bits per heavy atom. The summed E-state index contributed by atoms with van der Waals surface area (Å²) in [7, 11) is 1.63. The molecule has 110 valence electrons. The van der Waals surface area contributed by atoms with Gasteiger partial charge in [0.1, 0.15) is 5.75 Å². The smallest absolute Gasteiger partial charge is 0.231 e. The minimum absolute atomic E-state index is 0.264. The van der Waals surface area contributed by atoms with E-state index in [9.17, 15) is 0 Å². The summed E-state index contributed by atoms with van der Waals surface area (Å²) in [4.78, 5) is 0. The van der Waals surface area contributed by atoms with Gasteiger partial charge in [-0.3, -0.25) is 0 Å². The fourth-order valence-corrected chi connectivity index (χ4v) is 2.70. The highest BCUT2D eigenvalue weighted by Crippen LogP contribution is 2.37. The first-order chi connectivity index (χ1) is 10.2. The molecule has 1 aliphatic rings. The third-order valence-corrected chi connectivity index (χ3v) is 4.25. The maximum Gasteiger partial charge on any atom is 0.231 e. The lowest BCUT2D eigenvalue weighted by atomic mass is 10.2. The van der Waals surface area contributed by atoms with Gasteiger partial charge in [0.15, 0.2) is 11.5 Å². The molecule has 4 nitrogen and oxygen atoms in total. The lowest BCUT2D eigenvalue weighted by molar-refractivity contribution is 0.174. The standard InChI is InChI=1S/C15H13BrClNO3/c1-19-10-2-3-12(17)13(5-10)18-7-9-4-14-15(6-11(9)16)21-8-20-14/h2-6,18H,7-8H2,1H3. The van der Waals surface area contributed by atoms with Crippen LogP contribution in [0.15, 0.2) is 34.8 Å². The number of methoxy groups -OCH3 is 1. The van der Waals surface area contributed by atoms with Crippen molar-refractivity contribution in [2.45, 2.75) is 6.54 Å². The average molecular weight is 371 g/mol. The van der Waals surface area contributed by atoms with E-state index in [1.54, 1.807) is 13.2 Å². The molecule has 0 aromatic heterocycles. The first kappa shape index (κ1) is 14.4. The Balaban J connectivity index is 1.79. The Morgan fingerprint density at radius 3 is 2.76 bits per heavy atom. The van der Waals surface area contributed by atoms with Crippen molar-refractivity contribution in [3.8, 4) is 17.2 Å². The lowest BCUT2D eigenvalue weighted by Crippen LogP contribution is -2.01. The maximum atomic E-state index is 6.18. The van der Waals surface area contributed by atoms with Crippen molar-refractivity contribution in [1.82, 2.24) is 0 Å². The van der Waals surface area contributed by atoms with Gasteiger partial charge in [-0.1, -0.05) is 27.5 Å². The first-order valence-corrected chi connectivity index (χ1v) is 7.50. The normalized spacial score (nSPS) is 12.3. The second kappa shape index (κ2) is 6.03. The highest BCUT2D eigenvalue weighted by Gasteiger charge is 2.16. The van der Waals surface area contributed by atoms with E-state index in [4.69, 9.17) is 25.8 Å². The molecule has 2 aromatic rings. The molecule has 1 aliphatic heterocycles. The minimum Gasteiger partial charge on any atom is -0.497 e. The Hall–Kier alpha value is -1.59. The van der Waals surface area contributed by atoms with E-state index in [1.165, 1.54) is 0 Å². The number of fused-ring (bicyclic) bond motifs is 1. The number of rotatable bonds is 4. The topological polar surface area (TPSA) is 39.7 Å². The van der Waals surface area contributed by atoms with Gasteiger partial charge in [-0.05, 0) is 29.8 Å². The summed E-state index contributed by atoms with van der Waals surface area (Å²) in [5.74, 6) is 2.27. The zero-order valence-electron chi connectivity index (χ0n) is 11.3. The van der Waals surface area contributed by atoms with Crippen LogP contribution in [0.1, 0.15) is 5.56 Å². The lowest BCUT2D eigenvalue weighted by Gasteiger charge is -2.12. The van der Waals surface area contributed by atoms with Crippen molar-refractivity contribution >= 4 is 33.2 Å². The SMILES string of the molecule is COc1ccc(Cl)c(NCc2cc3c(cc2Br)OCO3)c1. The quantitative estimate of drug-likeness (QED) is 0.863. The van der Waals surface area contributed by atoms with Crippen LogP contribution in [-0.2, 0) is 6.54 Å². The molecule has 0 fully saturated rings. The number of benzene rings is 2. The third-order valence-electron chi connectivity index (χ3n) is 3.18. The summed E-state index contributed by atoms with van der Waals surface area (Å²) in [5.41, 5.74) is 1.87. The van der Waals surface area contributed by atoms with Crippen molar-refractivity contribution in [3.63, 3.8) is 0 Å². The van der Waals surface area contributed by atoms with Crippen LogP contribution in [0.3, 0.4) is 0 Å². The number of halogens is 2. The number of ether oxygens (including phenoxy) is 3. The van der Waals surface area contributed by atoms with E-state index in [2.05, 4.69) is 21.2 Å². The van der Waals surface area contributed by atoms with Gasteiger partial charge in [0.25, 0.3) is 0 Å². The second-order valence-electron chi connectivity index (χ2n) is 4.50. The van der Waals surface area contributed by atoms with Crippen LogP contribution in [0.2, 0.25) is 5.02 Å². The summed E-state index contributed by atoms with van der Waals surface area (Å²) in [6.45, 7) is 0.866. The summed E-state index contributed by atoms with van der Waals surface area (Å²) in [6.07, 6.45) is 0. The molecule has 0 amide bonds. The zero-order chi connectivity index (χ0) is 14.8. The van der Waals surface area contributed by atoms with Crippen LogP contribution in [0, 0.1) is 0 Å². The van der Waals surface area contributed by atoms with Gasteiger partial charge in [-0.15, -0.1) is 0 Å². The Morgan fingerprint density at radius 1 is 1.24 bits per heavy atom. The number of hydrogen-bond donors (Lipinski definition) is 1. The summed E-state index contributed by atoms with van der Waals surface area (Å²) in [6, 6.07) is 9.35. The minimum atomic E-state index is 0.264. The molecule has 0 aliphatic carbocycles. The monoisotopic (exact) mass is 369 g/mol. The van der Waals surface area contributed by atoms with E-state index in [0.29, 0.717) is 11.6 Å². The molecule has 0 saturated carbocycles. The van der Waals surface area contributed by atoms with Gasteiger partial charge in [-0.25, -0.2) is 0 Å². The molecule has 0 unspecified atom stereocenters. The highest BCUT2D eigenvalue weighted by molar-refractivity contribution is 9.10. The molecule has 0 saturated heterocycles. The average Bonchev–Trinajstić information content (AvgIpc) is 2.93. The van der Waals surface area contributed by atoms with Gasteiger partial charge in [0.2, 0.25) is 6.79 Å². The number of anilines is 1. The highest BCUT2D eigenvalue weighted by atomic mass is 79.9. The Labute approximate surface area is 136 Å². The summed E-state index contributed by atoms with van der Waals surface area (Å²) >= 11 is 9.72. The fraction of sp³-hybridized carbons (Fsp3) is 0.200. The molecular weight excluding hydrogens is 358 g/mol. The van der Waals surface area contributed by atoms with E-state index in [0.717, 1.165) is 33.0 Å². The molecule has 21 heavy (non-hydrogen) atoms. The third kappa shape index (κ3) is 3.04. The predicted octanol–water partition coefficient (Wildman–Crippen LogP) is 4.45. The van der Waals surface area contributed by atoms with Gasteiger partial charge in [-0.2, -0.15) is 0 Å². The molecule has 1 heterocycles. The van der Waals surface area contributed by atoms with Gasteiger partial charge in [0, 0.05) is 17.1 Å². The van der Waals surface area contributed by atoms with Crippen molar-refractivity contribution < 1.29 is 14.2 Å². The van der Waals surface area contributed by atoms with Crippen LogP contribution in [0.4, 0.5) is 5.69 Å². The summed E-state index contributed by atoms with van der Waals surface area (Å²) < 4.78 is 16.9. The Bertz CT molecular complexity index is 678. The van der Waals surface area contributed by atoms with Crippen molar-refractivity contribution in [1.29, 1.82) is 0 Å². The van der Waals surface area contributed by atoms with Gasteiger partial charge >= 0.3 is 0 Å². The van der Waals surface area contributed by atoms with E-state index in [1.807, 2.05) is 24.3 Å². The Kier molecular flexibility index (Phi) is 4.12. The van der Waals surface area contributed by atoms with Crippen molar-refractivity contribution in [2.75, 3.05) is 19.2 Å². The second-order valence-corrected chi connectivity index (χ2v) is 5.76. The zero-order valence-corrected chi connectivity index (χ0v) is 13.6. The molecular formula is C15H13BrClNO3. The van der Waals surface area contributed by atoms with E-state index < -0.39 is 0 Å². The molecule has 3 rings (SSSR count). The molecule has 1 N–H and O–H groups in total. The van der Waals surface area contributed by atoms with Crippen LogP contribution >= 0.6 is 27.5 Å². The molecule has 0 bridgehead atoms. The van der Waals surface area contributed by atoms with Crippen LogP contribution < -0.4 is 19.5 Å². The predicted molar refractivity (Wildman–Crippen MR) is 85.6 cm³/mol. The number of hydrogen-bond acceptors (Lipinski definition) is 4. The fourth-order valence-electron chi connectivity index (χ4n) is 2.05. The van der Waals surface area contributed by atoms with Gasteiger partial charge in [0.05, 0.1) is 17.8 Å².